The zero-order valence-corrected chi connectivity index (χ0v) is 8.04. The van der Waals surface area contributed by atoms with Crippen molar-refractivity contribution >= 4 is 11.8 Å². The highest BCUT2D eigenvalue weighted by Crippen LogP contribution is 2.38. The Kier molecular flexibility index (Phi) is 2.78. The summed E-state index contributed by atoms with van der Waals surface area (Å²) in [7, 11) is 0. The van der Waals surface area contributed by atoms with E-state index in [0.29, 0.717) is 0 Å². The Labute approximate surface area is 74.1 Å². The molecule has 0 nitrogen and oxygen atoms in total. The minimum absolute atomic E-state index is 1.05. The zero-order valence-electron chi connectivity index (χ0n) is 7.22. The number of rotatable bonds is 2. The van der Waals surface area contributed by atoms with Crippen molar-refractivity contribution in [2.45, 2.75) is 61.9 Å². The van der Waals surface area contributed by atoms with Crippen LogP contribution in [0, 0.1) is 0 Å². The SMILES string of the molecule is C1CCC(SC2CCC2)CC1. The van der Waals surface area contributed by atoms with Crippen LogP contribution in [0.2, 0.25) is 0 Å². The van der Waals surface area contributed by atoms with Crippen LogP contribution in [0.5, 0.6) is 0 Å². The van der Waals surface area contributed by atoms with Crippen molar-refractivity contribution in [1.82, 2.24) is 0 Å². The summed E-state index contributed by atoms with van der Waals surface area (Å²) in [6, 6.07) is 0. The monoisotopic (exact) mass is 170 g/mol. The summed E-state index contributed by atoms with van der Waals surface area (Å²) in [5.74, 6) is 0. The fraction of sp³-hybridized carbons (Fsp3) is 1.00. The van der Waals surface area contributed by atoms with Crippen LogP contribution in [0.1, 0.15) is 51.4 Å². The molecule has 1 heteroatoms. The third-order valence-corrected chi connectivity index (χ3v) is 4.70. The first kappa shape index (κ1) is 7.97. The summed E-state index contributed by atoms with van der Waals surface area (Å²) in [5, 5.41) is 2.12. The van der Waals surface area contributed by atoms with Crippen LogP contribution in [-0.2, 0) is 0 Å². The standard InChI is InChI=1S/C10H18S/c1-2-5-9(6-3-1)11-10-7-4-8-10/h9-10H,1-8H2. The van der Waals surface area contributed by atoms with Gasteiger partial charge in [0, 0.05) is 10.5 Å². The van der Waals surface area contributed by atoms with E-state index in [1.165, 1.54) is 51.4 Å². The van der Waals surface area contributed by atoms with Gasteiger partial charge < -0.3 is 0 Å². The fourth-order valence-corrected chi connectivity index (χ4v) is 3.74. The summed E-state index contributed by atoms with van der Waals surface area (Å²) in [5.41, 5.74) is 0. The molecule has 0 atom stereocenters. The van der Waals surface area contributed by atoms with E-state index in [2.05, 4.69) is 11.8 Å². The molecule has 0 saturated heterocycles. The highest BCUT2D eigenvalue weighted by Gasteiger charge is 2.23. The molecule has 2 saturated carbocycles. The van der Waals surface area contributed by atoms with E-state index in [-0.39, 0.29) is 0 Å². The normalized spacial score (nSPS) is 28.4. The second-order valence-electron chi connectivity index (χ2n) is 3.95. The van der Waals surface area contributed by atoms with Gasteiger partial charge in [-0.3, -0.25) is 0 Å². The van der Waals surface area contributed by atoms with Gasteiger partial charge in [-0.2, -0.15) is 11.8 Å². The number of hydrogen-bond donors (Lipinski definition) is 0. The van der Waals surface area contributed by atoms with Crippen molar-refractivity contribution in [3.8, 4) is 0 Å². The van der Waals surface area contributed by atoms with Gasteiger partial charge in [0.15, 0.2) is 0 Å². The van der Waals surface area contributed by atoms with Gasteiger partial charge in [-0.05, 0) is 25.7 Å². The number of hydrogen-bond acceptors (Lipinski definition) is 1. The van der Waals surface area contributed by atoms with Crippen LogP contribution in [0.3, 0.4) is 0 Å². The van der Waals surface area contributed by atoms with Gasteiger partial charge in [0.05, 0.1) is 0 Å². The Morgan fingerprint density at radius 3 is 1.64 bits per heavy atom. The Balaban J connectivity index is 1.67. The molecule has 0 spiro atoms. The van der Waals surface area contributed by atoms with Crippen LogP contribution in [-0.4, -0.2) is 10.5 Å². The topological polar surface area (TPSA) is 0 Å². The average Bonchev–Trinajstić information content (AvgIpc) is 1.99. The van der Waals surface area contributed by atoms with Crippen LogP contribution in [0.4, 0.5) is 0 Å². The molecule has 0 unspecified atom stereocenters. The van der Waals surface area contributed by atoms with E-state index in [0.717, 1.165) is 10.5 Å². The molecule has 2 rings (SSSR count). The molecule has 2 aliphatic carbocycles. The van der Waals surface area contributed by atoms with Gasteiger partial charge in [-0.25, -0.2) is 0 Å². The minimum Gasteiger partial charge on any atom is -0.155 e. The predicted octanol–water partition coefficient (Wildman–Crippen LogP) is 3.60. The molecule has 0 heterocycles. The quantitative estimate of drug-likeness (QED) is 0.610. The van der Waals surface area contributed by atoms with Gasteiger partial charge in [-0.1, -0.05) is 25.7 Å². The zero-order chi connectivity index (χ0) is 7.52. The molecule has 0 radical (unpaired) electrons. The smallest absolute Gasteiger partial charge is 0.00498 e. The van der Waals surface area contributed by atoms with Gasteiger partial charge >= 0.3 is 0 Å². The summed E-state index contributed by atoms with van der Waals surface area (Å²) >= 11 is 2.31. The highest BCUT2D eigenvalue weighted by atomic mass is 32.2. The van der Waals surface area contributed by atoms with E-state index >= 15 is 0 Å². The molecule has 0 aliphatic heterocycles. The molecule has 11 heavy (non-hydrogen) atoms. The maximum Gasteiger partial charge on any atom is 0.00498 e. The number of thioether (sulfide) groups is 1. The van der Waals surface area contributed by atoms with Crippen LogP contribution in [0.25, 0.3) is 0 Å². The lowest BCUT2D eigenvalue weighted by Crippen LogP contribution is -2.19. The van der Waals surface area contributed by atoms with Crippen molar-refractivity contribution in [2.24, 2.45) is 0 Å². The third kappa shape index (κ3) is 2.14. The van der Waals surface area contributed by atoms with Crippen molar-refractivity contribution < 1.29 is 0 Å². The second kappa shape index (κ2) is 3.84. The Hall–Kier alpha value is 0.350. The maximum absolute atomic E-state index is 2.31. The van der Waals surface area contributed by atoms with Crippen LogP contribution in [0.15, 0.2) is 0 Å². The van der Waals surface area contributed by atoms with E-state index < -0.39 is 0 Å². The van der Waals surface area contributed by atoms with E-state index in [4.69, 9.17) is 0 Å². The lowest BCUT2D eigenvalue weighted by molar-refractivity contribution is 0.493. The molecule has 0 N–H and O–H groups in total. The van der Waals surface area contributed by atoms with E-state index in [1.54, 1.807) is 0 Å². The van der Waals surface area contributed by atoms with E-state index in [1.807, 2.05) is 0 Å². The molecule has 0 aromatic heterocycles. The summed E-state index contributed by atoms with van der Waals surface area (Å²) in [4.78, 5) is 0. The molecule has 0 bridgehead atoms. The van der Waals surface area contributed by atoms with E-state index in [9.17, 15) is 0 Å². The molecule has 2 fully saturated rings. The van der Waals surface area contributed by atoms with Crippen LogP contribution >= 0.6 is 11.8 Å². The second-order valence-corrected chi connectivity index (χ2v) is 5.55. The lowest BCUT2D eigenvalue weighted by Gasteiger charge is -2.31. The summed E-state index contributed by atoms with van der Waals surface area (Å²) < 4.78 is 0. The van der Waals surface area contributed by atoms with Crippen LogP contribution < -0.4 is 0 Å². The maximum atomic E-state index is 2.31. The van der Waals surface area contributed by atoms with Gasteiger partial charge in [0.2, 0.25) is 0 Å². The highest BCUT2D eigenvalue weighted by molar-refractivity contribution is 8.00. The van der Waals surface area contributed by atoms with Crippen molar-refractivity contribution in [3.63, 3.8) is 0 Å². The Morgan fingerprint density at radius 2 is 1.18 bits per heavy atom. The fourth-order valence-electron chi connectivity index (χ4n) is 1.98. The van der Waals surface area contributed by atoms with Crippen molar-refractivity contribution in [1.29, 1.82) is 0 Å². The lowest BCUT2D eigenvalue weighted by atomic mass is 9.99. The summed E-state index contributed by atoms with van der Waals surface area (Å²) in [6.07, 6.45) is 12.1. The van der Waals surface area contributed by atoms with Crippen molar-refractivity contribution in [2.75, 3.05) is 0 Å². The predicted molar refractivity (Wildman–Crippen MR) is 52.1 cm³/mol. The average molecular weight is 170 g/mol. The Morgan fingerprint density at radius 1 is 0.636 bits per heavy atom. The molecule has 2 aliphatic rings. The first-order valence-corrected chi connectivity index (χ1v) is 6.05. The third-order valence-electron chi connectivity index (χ3n) is 2.99. The Bertz CT molecular complexity index is 112. The molecule has 0 aromatic rings. The first-order chi connectivity index (χ1) is 5.45. The molecule has 0 amide bonds. The van der Waals surface area contributed by atoms with Gasteiger partial charge in [0.25, 0.3) is 0 Å². The van der Waals surface area contributed by atoms with Gasteiger partial charge in [-0.15, -0.1) is 0 Å². The molecular weight excluding hydrogens is 152 g/mol. The largest absolute Gasteiger partial charge is 0.155 e. The summed E-state index contributed by atoms with van der Waals surface area (Å²) in [6.45, 7) is 0. The minimum atomic E-state index is 1.05. The molecular formula is C10H18S. The first-order valence-electron chi connectivity index (χ1n) is 5.10. The molecule has 0 aromatic carbocycles. The molecule has 64 valence electrons. The van der Waals surface area contributed by atoms with Crippen molar-refractivity contribution in [3.05, 3.63) is 0 Å². The van der Waals surface area contributed by atoms with Gasteiger partial charge in [0.1, 0.15) is 0 Å².